The summed E-state index contributed by atoms with van der Waals surface area (Å²) < 4.78 is 26.9. The Hall–Kier alpha value is -0.710. The van der Waals surface area contributed by atoms with Gasteiger partial charge in [-0.1, -0.05) is 12.1 Å². The van der Waals surface area contributed by atoms with Gasteiger partial charge in [0.05, 0.1) is 12.1 Å². The smallest absolute Gasteiger partial charge is 0.163 e. The maximum absolute atomic E-state index is 13.6. The summed E-state index contributed by atoms with van der Waals surface area (Å²) in [6.07, 6.45) is 1.03. The van der Waals surface area contributed by atoms with E-state index in [1.54, 1.807) is 0 Å². The first-order chi connectivity index (χ1) is 7.52. The number of aliphatic hydroxyl groups is 1. The normalized spacial score (nSPS) is 18.4. The van der Waals surface area contributed by atoms with Gasteiger partial charge in [0.1, 0.15) is 0 Å². The Morgan fingerprint density at radius 1 is 1.29 bits per heavy atom. The number of hydrogen-bond donors (Lipinski definition) is 2. The van der Waals surface area contributed by atoms with Crippen molar-refractivity contribution >= 4 is 12.4 Å². The van der Waals surface area contributed by atoms with Crippen molar-refractivity contribution in [3.63, 3.8) is 0 Å². The van der Waals surface area contributed by atoms with Crippen molar-refractivity contribution < 1.29 is 13.9 Å². The number of aliphatic hydroxyl groups excluding tert-OH is 1. The molecule has 1 saturated carbocycles. The number of benzene rings is 1. The minimum absolute atomic E-state index is 0. The van der Waals surface area contributed by atoms with Crippen molar-refractivity contribution in [3.05, 3.63) is 34.9 Å². The monoisotopic (exact) mass is 263 g/mol. The number of nitrogens with two attached hydrogens (primary N) is 1. The van der Waals surface area contributed by atoms with E-state index in [4.69, 9.17) is 5.73 Å². The van der Waals surface area contributed by atoms with Gasteiger partial charge in [-0.15, -0.1) is 12.4 Å². The van der Waals surface area contributed by atoms with Gasteiger partial charge in [-0.05, 0) is 31.2 Å². The molecule has 1 aromatic carbocycles. The summed E-state index contributed by atoms with van der Waals surface area (Å²) in [6.45, 7) is 1.49. The molecule has 1 aliphatic rings. The Bertz CT molecular complexity index is 410. The van der Waals surface area contributed by atoms with Gasteiger partial charge in [-0.25, -0.2) is 8.78 Å². The Morgan fingerprint density at radius 2 is 1.88 bits per heavy atom. The first-order valence-corrected chi connectivity index (χ1v) is 5.40. The fourth-order valence-corrected chi connectivity index (χ4v) is 1.83. The van der Waals surface area contributed by atoms with Crippen LogP contribution in [0.1, 0.15) is 30.0 Å². The molecule has 5 heteroatoms. The quantitative estimate of drug-likeness (QED) is 0.880. The van der Waals surface area contributed by atoms with Gasteiger partial charge >= 0.3 is 0 Å². The topological polar surface area (TPSA) is 46.2 Å². The lowest BCUT2D eigenvalue weighted by Crippen LogP contribution is -2.29. The van der Waals surface area contributed by atoms with Gasteiger partial charge in [0.25, 0.3) is 0 Å². The third-order valence-corrected chi connectivity index (χ3v) is 3.14. The molecule has 0 spiro atoms. The third kappa shape index (κ3) is 2.76. The molecule has 0 heterocycles. The van der Waals surface area contributed by atoms with Crippen LogP contribution in [-0.4, -0.2) is 11.2 Å². The van der Waals surface area contributed by atoms with E-state index < -0.39 is 23.8 Å². The number of halogens is 3. The van der Waals surface area contributed by atoms with E-state index in [-0.39, 0.29) is 29.5 Å². The molecular weight excluding hydrogens is 248 g/mol. The van der Waals surface area contributed by atoms with Gasteiger partial charge in [0.15, 0.2) is 11.6 Å². The molecule has 0 bridgehead atoms. The first kappa shape index (κ1) is 14.4. The van der Waals surface area contributed by atoms with Crippen LogP contribution in [0.5, 0.6) is 0 Å². The molecule has 0 amide bonds. The second-order valence-corrected chi connectivity index (χ2v) is 4.45. The van der Waals surface area contributed by atoms with E-state index in [1.165, 1.54) is 19.1 Å². The largest absolute Gasteiger partial charge is 0.391 e. The Kier molecular flexibility index (Phi) is 4.47. The van der Waals surface area contributed by atoms with Crippen molar-refractivity contribution in [3.8, 4) is 0 Å². The summed E-state index contributed by atoms with van der Waals surface area (Å²) in [5.41, 5.74) is 6.05. The molecule has 2 atom stereocenters. The van der Waals surface area contributed by atoms with Crippen LogP contribution >= 0.6 is 12.4 Å². The summed E-state index contributed by atoms with van der Waals surface area (Å²) in [6, 6.07) is 2.08. The Balaban J connectivity index is 0.00000144. The summed E-state index contributed by atoms with van der Waals surface area (Å²) in [5, 5.41) is 9.78. The highest BCUT2D eigenvalue weighted by molar-refractivity contribution is 5.85. The predicted molar refractivity (Wildman–Crippen MR) is 64.0 cm³/mol. The SMILES string of the molecule is Cc1ccc([C@@H](N)[C@@H](O)C2CC2)c(F)c1F.Cl. The maximum Gasteiger partial charge on any atom is 0.163 e. The summed E-state index contributed by atoms with van der Waals surface area (Å²) in [4.78, 5) is 0. The minimum atomic E-state index is -0.938. The van der Waals surface area contributed by atoms with Crippen LogP contribution in [0.25, 0.3) is 0 Å². The molecule has 17 heavy (non-hydrogen) atoms. The predicted octanol–water partition coefficient (Wildman–Crippen LogP) is 2.47. The summed E-state index contributed by atoms with van der Waals surface area (Å²) >= 11 is 0. The zero-order valence-corrected chi connectivity index (χ0v) is 10.3. The van der Waals surface area contributed by atoms with E-state index in [9.17, 15) is 13.9 Å². The van der Waals surface area contributed by atoms with Gasteiger partial charge in [0, 0.05) is 5.56 Å². The van der Waals surface area contributed by atoms with Crippen molar-refractivity contribution in [2.75, 3.05) is 0 Å². The van der Waals surface area contributed by atoms with Crippen molar-refractivity contribution in [1.29, 1.82) is 0 Å². The summed E-state index contributed by atoms with van der Waals surface area (Å²) in [5.74, 6) is -1.68. The lowest BCUT2D eigenvalue weighted by molar-refractivity contribution is 0.120. The zero-order chi connectivity index (χ0) is 11.9. The average molecular weight is 264 g/mol. The van der Waals surface area contributed by atoms with E-state index in [2.05, 4.69) is 0 Å². The highest BCUT2D eigenvalue weighted by atomic mass is 35.5. The molecule has 96 valence electrons. The molecule has 0 aliphatic heterocycles. The van der Waals surface area contributed by atoms with E-state index in [0.29, 0.717) is 0 Å². The van der Waals surface area contributed by atoms with Crippen LogP contribution in [-0.2, 0) is 0 Å². The fourth-order valence-electron chi connectivity index (χ4n) is 1.83. The van der Waals surface area contributed by atoms with Gasteiger partial charge in [-0.3, -0.25) is 0 Å². The fraction of sp³-hybridized carbons (Fsp3) is 0.500. The number of hydrogen-bond acceptors (Lipinski definition) is 2. The number of aryl methyl sites for hydroxylation is 1. The lowest BCUT2D eigenvalue weighted by atomic mass is 9.97. The maximum atomic E-state index is 13.6. The van der Waals surface area contributed by atoms with Crippen LogP contribution in [0.15, 0.2) is 12.1 Å². The van der Waals surface area contributed by atoms with Crippen molar-refractivity contribution in [1.82, 2.24) is 0 Å². The van der Waals surface area contributed by atoms with Crippen LogP contribution in [0.2, 0.25) is 0 Å². The Labute approximate surface area is 105 Å². The van der Waals surface area contributed by atoms with Crippen molar-refractivity contribution in [2.24, 2.45) is 11.7 Å². The van der Waals surface area contributed by atoms with Gasteiger partial charge < -0.3 is 10.8 Å². The second-order valence-electron chi connectivity index (χ2n) is 4.45. The molecule has 2 rings (SSSR count). The number of rotatable bonds is 3. The van der Waals surface area contributed by atoms with Gasteiger partial charge in [-0.2, -0.15) is 0 Å². The molecule has 1 fully saturated rings. The van der Waals surface area contributed by atoms with Gasteiger partial charge in [0.2, 0.25) is 0 Å². The molecule has 0 saturated heterocycles. The first-order valence-electron chi connectivity index (χ1n) is 5.40. The van der Waals surface area contributed by atoms with Crippen LogP contribution in [0.4, 0.5) is 8.78 Å². The molecule has 1 aliphatic carbocycles. The molecule has 0 aromatic heterocycles. The molecule has 0 unspecified atom stereocenters. The lowest BCUT2D eigenvalue weighted by Gasteiger charge is -2.19. The van der Waals surface area contributed by atoms with Crippen LogP contribution < -0.4 is 5.73 Å². The second kappa shape index (κ2) is 5.29. The minimum Gasteiger partial charge on any atom is -0.391 e. The molecular formula is C12H16ClF2NO. The van der Waals surface area contributed by atoms with E-state index in [1.807, 2.05) is 0 Å². The van der Waals surface area contributed by atoms with Crippen molar-refractivity contribution in [2.45, 2.75) is 31.9 Å². The molecule has 0 radical (unpaired) electrons. The molecule has 2 nitrogen and oxygen atoms in total. The van der Waals surface area contributed by atoms with E-state index >= 15 is 0 Å². The summed E-state index contributed by atoms with van der Waals surface area (Å²) in [7, 11) is 0. The van der Waals surface area contributed by atoms with E-state index in [0.717, 1.165) is 12.8 Å². The van der Waals surface area contributed by atoms with Crippen LogP contribution in [0.3, 0.4) is 0 Å². The Morgan fingerprint density at radius 3 is 2.41 bits per heavy atom. The third-order valence-electron chi connectivity index (χ3n) is 3.14. The average Bonchev–Trinajstić information content (AvgIpc) is 3.08. The highest BCUT2D eigenvalue weighted by Crippen LogP contribution is 2.37. The zero-order valence-electron chi connectivity index (χ0n) is 9.49. The van der Waals surface area contributed by atoms with Crippen LogP contribution in [0, 0.1) is 24.5 Å². The standard InChI is InChI=1S/C12H15F2NO.ClH/c1-6-2-5-8(10(14)9(6)13)11(15)12(16)7-3-4-7;/h2,5,7,11-12,16H,3-4,15H2,1H3;1H/t11-,12+;/m1./s1. The molecule has 1 aromatic rings. The highest BCUT2D eigenvalue weighted by Gasteiger charge is 2.35. The molecule has 3 N–H and O–H groups in total.